The van der Waals surface area contributed by atoms with Gasteiger partial charge in [0.25, 0.3) is 0 Å². The van der Waals surface area contributed by atoms with Gasteiger partial charge in [0.15, 0.2) is 0 Å². The number of rotatable bonds is 8. The van der Waals surface area contributed by atoms with E-state index in [0.717, 1.165) is 25.9 Å². The molecule has 0 heterocycles. The molecule has 0 bridgehead atoms. The summed E-state index contributed by atoms with van der Waals surface area (Å²) < 4.78 is 5.60. The van der Waals surface area contributed by atoms with E-state index in [1.54, 1.807) is 0 Å². The minimum absolute atomic E-state index is 0.187. The van der Waals surface area contributed by atoms with Crippen LogP contribution in [0.5, 0.6) is 0 Å². The van der Waals surface area contributed by atoms with Crippen molar-refractivity contribution in [1.29, 1.82) is 0 Å². The maximum Gasteiger partial charge on any atom is 0.146 e. The summed E-state index contributed by atoms with van der Waals surface area (Å²) in [5, 5.41) is 0. The Bertz CT molecular complexity index is 67.6. The molecule has 0 rings (SSSR count). The van der Waals surface area contributed by atoms with E-state index in [2.05, 4.69) is 0 Å². The second-order valence-electron chi connectivity index (χ2n) is 2.60. The van der Waals surface area contributed by atoms with Crippen molar-refractivity contribution in [3.8, 4) is 0 Å². The van der Waals surface area contributed by atoms with Crippen LogP contribution in [0.3, 0.4) is 0 Å². The molecule has 0 aliphatic heterocycles. The molecule has 68 valence electrons. The van der Waals surface area contributed by atoms with Gasteiger partial charge in [-0.25, -0.2) is 0 Å². The molecule has 0 unspecified atom stereocenters. The zero-order chi connectivity index (χ0) is 8.36. The van der Waals surface area contributed by atoms with Crippen LogP contribution in [0.25, 0.3) is 0 Å². The van der Waals surface area contributed by atoms with Gasteiger partial charge in [-0.05, 0) is 38.0 Å². The summed E-state index contributed by atoms with van der Waals surface area (Å²) in [7, 11) is -0.373. The first-order chi connectivity index (χ1) is 5.41. The molecule has 0 aromatic heterocycles. The van der Waals surface area contributed by atoms with Crippen LogP contribution in [-0.2, 0) is 4.12 Å². The molecule has 3 nitrogen and oxygen atoms in total. The summed E-state index contributed by atoms with van der Waals surface area (Å²) in [5.41, 5.74) is 10.7. The fourth-order valence-electron chi connectivity index (χ4n) is 0.799. The van der Waals surface area contributed by atoms with Gasteiger partial charge < -0.3 is 15.6 Å². The molecule has 0 spiro atoms. The molecular formula is C6H20N2OSi2. The lowest BCUT2D eigenvalue weighted by Gasteiger charge is -2.01. The van der Waals surface area contributed by atoms with Gasteiger partial charge in [-0.1, -0.05) is 0 Å². The first-order valence-electron chi connectivity index (χ1n) is 4.39. The van der Waals surface area contributed by atoms with Crippen LogP contribution in [0, 0.1) is 0 Å². The third-order valence-corrected chi connectivity index (χ3v) is 5.37. The minimum atomic E-state index is -0.187. The van der Waals surface area contributed by atoms with Crippen LogP contribution in [0.15, 0.2) is 0 Å². The first-order valence-corrected chi connectivity index (χ1v) is 7.55. The van der Waals surface area contributed by atoms with Gasteiger partial charge in [-0.15, -0.1) is 0 Å². The van der Waals surface area contributed by atoms with Gasteiger partial charge in [0, 0.05) is 0 Å². The first kappa shape index (κ1) is 11.3. The Kier molecular flexibility index (Phi) is 10.6. The Morgan fingerprint density at radius 2 is 1.36 bits per heavy atom. The highest BCUT2D eigenvalue weighted by Crippen LogP contribution is 1.89. The predicted molar refractivity (Wildman–Crippen MR) is 55.1 cm³/mol. The van der Waals surface area contributed by atoms with Crippen LogP contribution in [0.2, 0.25) is 12.1 Å². The summed E-state index contributed by atoms with van der Waals surface area (Å²) in [5.74, 6) is 0. The maximum atomic E-state index is 5.60. The number of nitrogens with two attached hydrogens (primary N) is 2. The van der Waals surface area contributed by atoms with E-state index in [4.69, 9.17) is 15.6 Å². The van der Waals surface area contributed by atoms with Crippen molar-refractivity contribution >= 4 is 19.5 Å². The molecule has 0 saturated heterocycles. The molecule has 0 amide bonds. The van der Waals surface area contributed by atoms with E-state index >= 15 is 0 Å². The van der Waals surface area contributed by atoms with Gasteiger partial charge in [0.1, 0.15) is 19.5 Å². The van der Waals surface area contributed by atoms with Crippen LogP contribution in [0.1, 0.15) is 12.8 Å². The highest BCUT2D eigenvalue weighted by atomic mass is 28.3. The molecule has 0 atom stereocenters. The van der Waals surface area contributed by atoms with Crippen LogP contribution >= 0.6 is 0 Å². The minimum Gasteiger partial charge on any atom is -0.465 e. The highest BCUT2D eigenvalue weighted by Gasteiger charge is 1.89. The third-order valence-electron chi connectivity index (χ3n) is 1.49. The second kappa shape index (κ2) is 10.3. The lowest BCUT2D eigenvalue weighted by molar-refractivity contribution is 0.624. The molecule has 0 fully saturated rings. The SMILES string of the molecule is NCCC[SiH2]O[SiH2]CCCN. The van der Waals surface area contributed by atoms with Crippen molar-refractivity contribution in [1.82, 2.24) is 0 Å². The molecular weight excluding hydrogens is 172 g/mol. The van der Waals surface area contributed by atoms with Crippen molar-refractivity contribution in [2.45, 2.75) is 24.9 Å². The van der Waals surface area contributed by atoms with Gasteiger partial charge in [-0.2, -0.15) is 0 Å². The van der Waals surface area contributed by atoms with Crippen LogP contribution in [-0.4, -0.2) is 32.6 Å². The van der Waals surface area contributed by atoms with E-state index in [1.807, 2.05) is 0 Å². The molecule has 4 N–H and O–H groups in total. The van der Waals surface area contributed by atoms with Gasteiger partial charge in [0.05, 0.1) is 0 Å². The summed E-state index contributed by atoms with van der Waals surface area (Å²) in [6, 6.07) is 2.51. The Morgan fingerprint density at radius 1 is 0.909 bits per heavy atom. The van der Waals surface area contributed by atoms with Crippen molar-refractivity contribution in [2.24, 2.45) is 11.5 Å². The van der Waals surface area contributed by atoms with E-state index in [0.29, 0.717) is 0 Å². The van der Waals surface area contributed by atoms with Gasteiger partial charge in [0.2, 0.25) is 0 Å². The molecule has 0 aromatic rings. The Morgan fingerprint density at radius 3 is 1.73 bits per heavy atom. The smallest absolute Gasteiger partial charge is 0.146 e. The zero-order valence-electron chi connectivity index (χ0n) is 7.22. The van der Waals surface area contributed by atoms with Gasteiger partial charge in [-0.3, -0.25) is 0 Å². The third kappa shape index (κ3) is 10.3. The summed E-state index contributed by atoms with van der Waals surface area (Å²) in [4.78, 5) is 0. The zero-order valence-corrected chi connectivity index (χ0v) is 10.0. The van der Waals surface area contributed by atoms with Crippen LogP contribution in [0.4, 0.5) is 0 Å². The molecule has 0 aliphatic rings. The van der Waals surface area contributed by atoms with E-state index in [9.17, 15) is 0 Å². The normalized spacial score (nSPS) is 12.5. The highest BCUT2D eigenvalue weighted by molar-refractivity contribution is 6.42. The quantitative estimate of drug-likeness (QED) is 0.371. The van der Waals surface area contributed by atoms with Crippen molar-refractivity contribution < 1.29 is 4.12 Å². The average Bonchev–Trinajstić information content (AvgIpc) is 2.03. The Labute approximate surface area is 73.8 Å². The average molecular weight is 192 g/mol. The largest absolute Gasteiger partial charge is 0.465 e. The topological polar surface area (TPSA) is 61.3 Å². The lowest BCUT2D eigenvalue weighted by Crippen LogP contribution is -2.08. The summed E-state index contributed by atoms with van der Waals surface area (Å²) in [6.45, 7) is 1.64. The lowest BCUT2D eigenvalue weighted by atomic mass is 10.5. The Balaban J connectivity index is 2.69. The van der Waals surface area contributed by atoms with Crippen molar-refractivity contribution in [2.75, 3.05) is 13.1 Å². The number of hydrogen-bond acceptors (Lipinski definition) is 3. The molecule has 0 saturated carbocycles. The van der Waals surface area contributed by atoms with Crippen molar-refractivity contribution in [3.05, 3.63) is 0 Å². The van der Waals surface area contributed by atoms with E-state index < -0.39 is 0 Å². The molecule has 5 heteroatoms. The van der Waals surface area contributed by atoms with E-state index in [-0.39, 0.29) is 19.5 Å². The fourth-order valence-corrected chi connectivity index (χ4v) is 4.23. The van der Waals surface area contributed by atoms with Crippen molar-refractivity contribution in [3.63, 3.8) is 0 Å². The molecule has 0 radical (unpaired) electrons. The summed E-state index contributed by atoms with van der Waals surface area (Å²) in [6.07, 6.45) is 2.30. The second-order valence-corrected chi connectivity index (χ2v) is 6.47. The van der Waals surface area contributed by atoms with Crippen LogP contribution < -0.4 is 11.5 Å². The fraction of sp³-hybridized carbons (Fsp3) is 1.00. The monoisotopic (exact) mass is 192 g/mol. The maximum absolute atomic E-state index is 5.60. The number of hydrogen-bond donors (Lipinski definition) is 2. The molecule has 0 aromatic carbocycles. The molecule has 11 heavy (non-hydrogen) atoms. The predicted octanol–water partition coefficient (Wildman–Crippen LogP) is -1.30. The standard InChI is InChI=1S/C6H20N2OSi2/c7-3-1-5-10-9-11-6-2-4-8/h1-8,10-11H2. The Hall–Kier alpha value is 0.314. The summed E-state index contributed by atoms with van der Waals surface area (Å²) >= 11 is 0. The van der Waals surface area contributed by atoms with Gasteiger partial charge >= 0.3 is 0 Å². The molecule has 0 aliphatic carbocycles. The van der Waals surface area contributed by atoms with E-state index in [1.165, 1.54) is 12.1 Å².